The van der Waals surface area contributed by atoms with E-state index in [0.717, 1.165) is 38.3 Å². The summed E-state index contributed by atoms with van der Waals surface area (Å²) in [5, 5.41) is 3.45. The molecule has 0 aliphatic heterocycles. The summed E-state index contributed by atoms with van der Waals surface area (Å²) in [5.74, 6) is 1.07. The van der Waals surface area contributed by atoms with Crippen LogP contribution in [0.25, 0.3) is 0 Å². The van der Waals surface area contributed by atoms with Crippen LogP contribution in [0.15, 0.2) is 24.8 Å². The minimum atomic E-state index is 0.812. The average Bonchev–Trinajstić information content (AvgIpc) is 2.45. The van der Waals surface area contributed by atoms with Crippen LogP contribution >= 0.6 is 0 Å². The molecule has 0 saturated carbocycles. The fourth-order valence-electron chi connectivity index (χ4n) is 2.52. The second-order valence-electron chi connectivity index (χ2n) is 5.72. The molecule has 0 fully saturated rings. The lowest BCUT2D eigenvalue weighted by atomic mass is 10.1. The first kappa shape index (κ1) is 17.8. The molecule has 1 N–H and O–H groups in total. The second-order valence-corrected chi connectivity index (χ2v) is 5.72. The SMILES string of the molecule is C=CCCCCCOc1c(C)cc(CNCCC)cc1C. The van der Waals surface area contributed by atoms with Gasteiger partial charge < -0.3 is 10.1 Å². The number of allylic oxidation sites excluding steroid dienone is 1. The van der Waals surface area contributed by atoms with Gasteiger partial charge in [-0.2, -0.15) is 0 Å². The number of ether oxygens (including phenoxy) is 1. The van der Waals surface area contributed by atoms with E-state index in [1.54, 1.807) is 0 Å². The molecule has 0 aromatic heterocycles. The molecule has 21 heavy (non-hydrogen) atoms. The Bertz CT molecular complexity index is 403. The molecule has 0 saturated heterocycles. The maximum Gasteiger partial charge on any atom is 0.125 e. The molecule has 0 spiro atoms. The van der Waals surface area contributed by atoms with E-state index in [2.05, 4.69) is 44.8 Å². The van der Waals surface area contributed by atoms with E-state index in [1.807, 2.05) is 6.08 Å². The van der Waals surface area contributed by atoms with Crippen molar-refractivity contribution in [3.05, 3.63) is 41.5 Å². The lowest BCUT2D eigenvalue weighted by molar-refractivity contribution is 0.301. The lowest BCUT2D eigenvalue weighted by Gasteiger charge is -2.14. The van der Waals surface area contributed by atoms with Crippen LogP contribution in [0.5, 0.6) is 5.75 Å². The van der Waals surface area contributed by atoms with E-state index >= 15 is 0 Å². The molecule has 0 aliphatic rings. The zero-order chi connectivity index (χ0) is 15.5. The van der Waals surface area contributed by atoms with Gasteiger partial charge in [0.1, 0.15) is 5.75 Å². The molecular weight excluding hydrogens is 258 g/mol. The summed E-state index contributed by atoms with van der Waals surface area (Å²) in [7, 11) is 0. The summed E-state index contributed by atoms with van der Waals surface area (Å²) in [4.78, 5) is 0. The number of hydrogen-bond acceptors (Lipinski definition) is 2. The predicted molar refractivity (Wildman–Crippen MR) is 92.1 cm³/mol. The zero-order valence-corrected chi connectivity index (χ0v) is 14.0. The van der Waals surface area contributed by atoms with Crippen LogP contribution < -0.4 is 10.1 Å². The molecule has 0 bridgehead atoms. The Morgan fingerprint density at radius 3 is 2.48 bits per heavy atom. The number of rotatable bonds is 11. The molecule has 118 valence electrons. The predicted octanol–water partition coefficient (Wildman–Crippen LogP) is 4.93. The van der Waals surface area contributed by atoms with Crippen molar-refractivity contribution < 1.29 is 4.74 Å². The Balaban J connectivity index is 2.45. The first-order chi connectivity index (χ1) is 10.2. The van der Waals surface area contributed by atoms with Gasteiger partial charge in [-0.15, -0.1) is 6.58 Å². The number of aryl methyl sites for hydroxylation is 2. The minimum absolute atomic E-state index is 0.812. The van der Waals surface area contributed by atoms with Gasteiger partial charge in [-0.3, -0.25) is 0 Å². The maximum absolute atomic E-state index is 5.98. The largest absolute Gasteiger partial charge is 0.493 e. The third-order valence-electron chi connectivity index (χ3n) is 3.58. The molecular formula is C19H31NO. The standard InChI is InChI=1S/C19H31NO/c1-5-7-8-9-10-12-21-19-16(3)13-18(14-17(19)4)15-20-11-6-2/h5,13-14,20H,1,6-12,15H2,2-4H3. The van der Waals surface area contributed by atoms with Gasteiger partial charge in [-0.05, 0) is 69.2 Å². The summed E-state index contributed by atoms with van der Waals surface area (Å²) in [6, 6.07) is 4.48. The van der Waals surface area contributed by atoms with Crippen LogP contribution in [0.2, 0.25) is 0 Å². The molecule has 0 radical (unpaired) electrons. The van der Waals surface area contributed by atoms with Crippen LogP contribution in [0, 0.1) is 13.8 Å². The van der Waals surface area contributed by atoms with Crippen LogP contribution in [0.3, 0.4) is 0 Å². The first-order valence-corrected chi connectivity index (χ1v) is 8.23. The summed E-state index contributed by atoms with van der Waals surface area (Å²) >= 11 is 0. The first-order valence-electron chi connectivity index (χ1n) is 8.23. The van der Waals surface area contributed by atoms with Crippen LogP contribution in [0.4, 0.5) is 0 Å². The third-order valence-corrected chi connectivity index (χ3v) is 3.58. The van der Waals surface area contributed by atoms with Gasteiger partial charge in [-0.25, -0.2) is 0 Å². The maximum atomic E-state index is 5.98. The van der Waals surface area contributed by atoms with Crippen molar-refractivity contribution >= 4 is 0 Å². The fourth-order valence-corrected chi connectivity index (χ4v) is 2.52. The highest BCUT2D eigenvalue weighted by Crippen LogP contribution is 2.25. The van der Waals surface area contributed by atoms with Crippen molar-refractivity contribution in [3.63, 3.8) is 0 Å². The van der Waals surface area contributed by atoms with Gasteiger partial charge >= 0.3 is 0 Å². The van der Waals surface area contributed by atoms with Crippen molar-refractivity contribution in [1.29, 1.82) is 0 Å². The Hall–Kier alpha value is -1.28. The van der Waals surface area contributed by atoms with E-state index in [0.29, 0.717) is 0 Å². The molecule has 0 heterocycles. The van der Waals surface area contributed by atoms with Crippen molar-refractivity contribution in [3.8, 4) is 5.75 Å². The average molecular weight is 289 g/mol. The molecule has 1 aromatic rings. The normalized spacial score (nSPS) is 10.6. The third kappa shape index (κ3) is 6.81. The monoisotopic (exact) mass is 289 g/mol. The fraction of sp³-hybridized carbons (Fsp3) is 0.579. The number of unbranched alkanes of at least 4 members (excludes halogenated alkanes) is 3. The van der Waals surface area contributed by atoms with E-state index in [1.165, 1.54) is 36.0 Å². The van der Waals surface area contributed by atoms with E-state index in [-0.39, 0.29) is 0 Å². The highest BCUT2D eigenvalue weighted by Gasteiger charge is 2.06. The van der Waals surface area contributed by atoms with Crippen molar-refractivity contribution in [2.75, 3.05) is 13.2 Å². The van der Waals surface area contributed by atoms with E-state index in [9.17, 15) is 0 Å². The number of hydrogen-bond donors (Lipinski definition) is 1. The van der Waals surface area contributed by atoms with Crippen LogP contribution in [0.1, 0.15) is 55.7 Å². The number of nitrogens with one attached hydrogen (secondary N) is 1. The number of benzene rings is 1. The molecule has 1 rings (SSSR count). The summed E-state index contributed by atoms with van der Waals surface area (Å²) in [6.45, 7) is 13.0. The van der Waals surface area contributed by atoms with E-state index < -0.39 is 0 Å². The molecule has 0 unspecified atom stereocenters. The molecule has 1 aromatic carbocycles. The topological polar surface area (TPSA) is 21.3 Å². The van der Waals surface area contributed by atoms with Crippen LogP contribution in [-0.4, -0.2) is 13.2 Å². The second kappa shape index (κ2) is 10.4. The highest BCUT2D eigenvalue weighted by molar-refractivity contribution is 5.43. The van der Waals surface area contributed by atoms with Crippen molar-refractivity contribution in [1.82, 2.24) is 5.32 Å². The van der Waals surface area contributed by atoms with Gasteiger partial charge in [0.25, 0.3) is 0 Å². The van der Waals surface area contributed by atoms with Gasteiger partial charge in [0.2, 0.25) is 0 Å². The van der Waals surface area contributed by atoms with Crippen LogP contribution in [-0.2, 0) is 6.54 Å². The Kier molecular flexibility index (Phi) is 8.84. The van der Waals surface area contributed by atoms with Gasteiger partial charge in [-0.1, -0.05) is 25.1 Å². The lowest BCUT2D eigenvalue weighted by Crippen LogP contribution is -2.14. The van der Waals surface area contributed by atoms with Gasteiger partial charge in [0.15, 0.2) is 0 Å². The van der Waals surface area contributed by atoms with Crippen molar-refractivity contribution in [2.24, 2.45) is 0 Å². The summed E-state index contributed by atoms with van der Waals surface area (Å²) in [6.07, 6.45) is 7.81. The quantitative estimate of drug-likeness (QED) is 0.461. The smallest absolute Gasteiger partial charge is 0.125 e. The summed E-state index contributed by atoms with van der Waals surface area (Å²) < 4.78 is 5.98. The Labute approximate surface area is 130 Å². The summed E-state index contributed by atoms with van der Waals surface area (Å²) in [5.41, 5.74) is 3.83. The highest BCUT2D eigenvalue weighted by atomic mass is 16.5. The van der Waals surface area contributed by atoms with Gasteiger partial charge in [0, 0.05) is 6.54 Å². The molecule has 0 atom stereocenters. The molecule has 0 amide bonds. The van der Waals surface area contributed by atoms with E-state index in [4.69, 9.17) is 4.74 Å². The van der Waals surface area contributed by atoms with Gasteiger partial charge in [0.05, 0.1) is 6.61 Å². The van der Waals surface area contributed by atoms with Crippen molar-refractivity contribution in [2.45, 2.75) is 59.4 Å². The minimum Gasteiger partial charge on any atom is -0.493 e. The molecule has 2 nitrogen and oxygen atoms in total. The molecule has 2 heteroatoms. The Morgan fingerprint density at radius 2 is 1.86 bits per heavy atom. The molecule has 0 aliphatic carbocycles. The Morgan fingerprint density at radius 1 is 1.14 bits per heavy atom. The zero-order valence-electron chi connectivity index (χ0n) is 14.0.